The standard InChI is InChI=1S/C19H17N3O3S/c1-12-11-26-19(21-12)22-17-16(25-10-14-6-4-3-5-7-14)8-15(9-20-17)13(2)18(23)24/h3-9,11H,2,10H2,1H3,(H,23,24)(H,20,21,22). The number of pyridine rings is 1. The van der Waals surface area contributed by atoms with Crippen LogP contribution in [-0.4, -0.2) is 21.0 Å². The summed E-state index contributed by atoms with van der Waals surface area (Å²) in [7, 11) is 0. The first kappa shape index (κ1) is 17.6. The number of carboxylic acids is 1. The highest BCUT2D eigenvalue weighted by molar-refractivity contribution is 7.13. The molecule has 7 heteroatoms. The Morgan fingerprint density at radius 1 is 1.35 bits per heavy atom. The van der Waals surface area contributed by atoms with Gasteiger partial charge in [-0.25, -0.2) is 14.8 Å². The molecule has 132 valence electrons. The molecule has 0 amide bonds. The number of carboxylic acid groups (broad SMARTS) is 1. The summed E-state index contributed by atoms with van der Waals surface area (Å²) in [6, 6.07) is 11.3. The minimum absolute atomic E-state index is 0.0429. The zero-order chi connectivity index (χ0) is 18.5. The first-order chi connectivity index (χ1) is 12.5. The van der Waals surface area contributed by atoms with Crippen LogP contribution in [0.4, 0.5) is 10.9 Å². The SMILES string of the molecule is C=C(C(=O)O)c1cnc(Nc2nc(C)cs2)c(OCc2ccccc2)c1. The maximum absolute atomic E-state index is 11.2. The van der Waals surface area contributed by atoms with E-state index >= 15 is 0 Å². The molecule has 3 rings (SSSR count). The Labute approximate surface area is 154 Å². The van der Waals surface area contributed by atoms with Crippen molar-refractivity contribution in [3.05, 3.63) is 71.4 Å². The highest BCUT2D eigenvalue weighted by Gasteiger charge is 2.14. The van der Waals surface area contributed by atoms with Gasteiger partial charge in [-0.05, 0) is 18.6 Å². The van der Waals surface area contributed by atoms with Gasteiger partial charge in [-0.2, -0.15) is 0 Å². The first-order valence-electron chi connectivity index (χ1n) is 7.81. The highest BCUT2D eigenvalue weighted by Crippen LogP contribution is 2.30. The topological polar surface area (TPSA) is 84.3 Å². The number of aromatic nitrogens is 2. The van der Waals surface area contributed by atoms with Gasteiger partial charge < -0.3 is 15.2 Å². The number of nitrogens with one attached hydrogen (secondary N) is 1. The van der Waals surface area contributed by atoms with E-state index in [0.29, 0.717) is 28.9 Å². The first-order valence-corrected chi connectivity index (χ1v) is 8.69. The fourth-order valence-corrected chi connectivity index (χ4v) is 2.87. The number of benzene rings is 1. The van der Waals surface area contributed by atoms with E-state index in [9.17, 15) is 4.79 Å². The Hall–Kier alpha value is -3.19. The van der Waals surface area contributed by atoms with Gasteiger partial charge in [0.1, 0.15) is 6.61 Å². The Morgan fingerprint density at radius 3 is 2.77 bits per heavy atom. The summed E-state index contributed by atoms with van der Waals surface area (Å²) in [5.74, 6) is -0.198. The van der Waals surface area contributed by atoms with Crippen molar-refractivity contribution in [2.45, 2.75) is 13.5 Å². The van der Waals surface area contributed by atoms with Crippen molar-refractivity contribution >= 4 is 33.8 Å². The molecular weight excluding hydrogens is 350 g/mol. The molecule has 0 aliphatic rings. The Balaban J connectivity index is 1.88. The van der Waals surface area contributed by atoms with Crippen LogP contribution in [-0.2, 0) is 11.4 Å². The summed E-state index contributed by atoms with van der Waals surface area (Å²) < 4.78 is 5.89. The Kier molecular flexibility index (Phi) is 5.28. The second-order valence-corrected chi connectivity index (χ2v) is 6.41. The molecule has 0 saturated carbocycles. The van der Waals surface area contributed by atoms with Gasteiger partial charge in [0.15, 0.2) is 16.7 Å². The minimum atomic E-state index is -1.10. The van der Waals surface area contributed by atoms with E-state index in [4.69, 9.17) is 9.84 Å². The average molecular weight is 367 g/mol. The van der Waals surface area contributed by atoms with E-state index in [0.717, 1.165) is 11.3 Å². The average Bonchev–Trinajstić information content (AvgIpc) is 3.06. The summed E-state index contributed by atoms with van der Waals surface area (Å²) in [4.78, 5) is 19.8. The molecule has 0 aliphatic heterocycles. The molecule has 0 radical (unpaired) electrons. The third-order valence-corrected chi connectivity index (χ3v) is 4.42. The molecular formula is C19H17N3O3S. The number of hydrogen-bond donors (Lipinski definition) is 2. The lowest BCUT2D eigenvalue weighted by atomic mass is 10.1. The second kappa shape index (κ2) is 7.79. The molecule has 0 bridgehead atoms. The van der Waals surface area contributed by atoms with Gasteiger partial charge in [-0.3, -0.25) is 0 Å². The van der Waals surface area contributed by atoms with Crippen LogP contribution in [0, 0.1) is 6.92 Å². The predicted molar refractivity (Wildman–Crippen MR) is 102 cm³/mol. The monoisotopic (exact) mass is 367 g/mol. The zero-order valence-electron chi connectivity index (χ0n) is 14.1. The van der Waals surface area contributed by atoms with Gasteiger partial charge in [0.25, 0.3) is 0 Å². The number of aliphatic carboxylic acids is 1. The van der Waals surface area contributed by atoms with Gasteiger partial charge in [0, 0.05) is 17.1 Å². The van der Waals surface area contributed by atoms with E-state index in [1.165, 1.54) is 17.5 Å². The zero-order valence-corrected chi connectivity index (χ0v) is 14.9. The van der Waals surface area contributed by atoms with Crippen LogP contribution in [0.25, 0.3) is 5.57 Å². The fourth-order valence-electron chi connectivity index (χ4n) is 2.18. The molecule has 3 aromatic rings. The van der Waals surface area contributed by atoms with Gasteiger partial charge in [0.2, 0.25) is 0 Å². The van der Waals surface area contributed by atoms with Crippen molar-refractivity contribution in [3.63, 3.8) is 0 Å². The molecule has 0 unspecified atom stereocenters. The van der Waals surface area contributed by atoms with Gasteiger partial charge >= 0.3 is 5.97 Å². The van der Waals surface area contributed by atoms with Crippen molar-refractivity contribution in [3.8, 4) is 5.75 Å². The minimum Gasteiger partial charge on any atom is -0.485 e. The fraction of sp³-hybridized carbons (Fsp3) is 0.105. The predicted octanol–water partition coefficient (Wildman–Crippen LogP) is 4.27. The number of hydrogen-bond acceptors (Lipinski definition) is 6. The van der Waals surface area contributed by atoms with E-state index in [1.807, 2.05) is 42.6 Å². The molecule has 2 heterocycles. The second-order valence-electron chi connectivity index (χ2n) is 5.55. The van der Waals surface area contributed by atoms with E-state index in [-0.39, 0.29) is 5.57 Å². The quantitative estimate of drug-likeness (QED) is 0.607. The third kappa shape index (κ3) is 4.25. The van der Waals surface area contributed by atoms with Gasteiger partial charge in [0.05, 0.1) is 11.3 Å². The molecule has 6 nitrogen and oxygen atoms in total. The van der Waals surface area contributed by atoms with Gasteiger partial charge in [-0.15, -0.1) is 11.3 Å². The number of anilines is 2. The van der Waals surface area contributed by atoms with E-state index in [1.54, 1.807) is 6.07 Å². The Bertz CT molecular complexity index is 938. The van der Waals surface area contributed by atoms with E-state index < -0.39 is 5.97 Å². The van der Waals surface area contributed by atoms with Crippen molar-refractivity contribution in [1.82, 2.24) is 9.97 Å². The molecule has 2 N–H and O–H groups in total. The van der Waals surface area contributed by atoms with Crippen LogP contribution in [0.5, 0.6) is 5.75 Å². The summed E-state index contributed by atoms with van der Waals surface area (Å²) in [6.07, 6.45) is 1.45. The van der Waals surface area contributed by atoms with Crippen molar-refractivity contribution in [2.75, 3.05) is 5.32 Å². The maximum Gasteiger partial charge on any atom is 0.335 e. The van der Waals surface area contributed by atoms with E-state index in [2.05, 4.69) is 21.9 Å². The maximum atomic E-state index is 11.2. The van der Waals surface area contributed by atoms with Crippen LogP contribution < -0.4 is 10.1 Å². The van der Waals surface area contributed by atoms with Crippen molar-refractivity contribution < 1.29 is 14.6 Å². The lowest BCUT2D eigenvalue weighted by Gasteiger charge is -2.13. The molecule has 0 fully saturated rings. The van der Waals surface area contributed by atoms with Crippen molar-refractivity contribution in [2.24, 2.45) is 0 Å². The van der Waals surface area contributed by atoms with Crippen LogP contribution in [0.1, 0.15) is 16.8 Å². The molecule has 0 aliphatic carbocycles. The highest BCUT2D eigenvalue weighted by atomic mass is 32.1. The number of rotatable bonds is 7. The summed E-state index contributed by atoms with van der Waals surface area (Å²) in [5, 5.41) is 14.9. The lowest BCUT2D eigenvalue weighted by molar-refractivity contribution is -0.130. The lowest BCUT2D eigenvalue weighted by Crippen LogP contribution is -2.04. The summed E-state index contributed by atoms with van der Waals surface area (Å²) in [5.41, 5.74) is 2.24. The largest absolute Gasteiger partial charge is 0.485 e. The number of carbonyl (C=O) groups is 1. The summed E-state index contributed by atoms with van der Waals surface area (Å²) in [6.45, 7) is 5.81. The number of aryl methyl sites for hydroxylation is 1. The number of thiazole rings is 1. The summed E-state index contributed by atoms with van der Waals surface area (Å²) >= 11 is 1.45. The van der Waals surface area contributed by atoms with Crippen LogP contribution in [0.15, 0.2) is 54.6 Å². The van der Waals surface area contributed by atoms with Gasteiger partial charge in [-0.1, -0.05) is 36.9 Å². The smallest absolute Gasteiger partial charge is 0.335 e. The molecule has 1 aromatic carbocycles. The number of nitrogens with zero attached hydrogens (tertiary/aromatic N) is 2. The number of ether oxygens (including phenoxy) is 1. The molecule has 0 spiro atoms. The van der Waals surface area contributed by atoms with Crippen LogP contribution >= 0.6 is 11.3 Å². The molecule has 0 atom stereocenters. The van der Waals surface area contributed by atoms with Crippen LogP contribution in [0.2, 0.25) is 0 Å². The molecule has 0 saturated heterocycles. The third-order valence-electron chi connectivity index (χ3n) is 3.54. The molecule has 2 aromatic heterocycles. The van der Waals surface area contributed by atoms with Crippen LogP contribution in [0.3, 0.4) is 0 Å². The Morgan fingerprint density at radius 2 is 2.12 bits per heavy atom. The molecule has 26 heavy (non-hydrogen) atoms. The normalized spacial score (nSPS) is 10.3. The van der Waals surface area contributed by atoms with Crippen molar-refractivity contribution in [1.29, 1.82) is 0 Å².